The number of halogens is 1. The van der Waals surface area contributed by atoms with E-state index in [1.165, 1.54) is 0 Å². The lowest BCUT2D eigenvalue weighted by Crippen LogP contribution is -2.54. The Morgan fingerprint density at radius 3 is 2.29 bits per heavy atom. The minimum Gasteiger partial charge on any atom is -0.384 e. The number of piperidine rings is 2. The molecule has 5 amide bonds. The number of carbonyl (C=O) groups is 5. The van der Waals surface area contributed by atoms with E-state index in [1.807, 2.05) is 36.4 Å². The Morgan fingerprint density at radius 2 is 1.60 bits per heavy atom. The molecule has 1 atom stereocenters. The molecule has 7 rings (SSSR count). The Labute approximate surface area is 325 Å². The molecule has 55 heavy (non-hydrogen) atoms. The van der Waals surface area contributed by atoms with Crippen LogP contribution < -0.4 is 31.1 Å². The van der Waals surface area contributed by atoms with Crippen LogP contribution in [0.3, 0.4) is 0 Å². The maximum atomic E-state index is 13.1. The maximum Gasteiger partial charge on any atom is 0.262 e. The number of benzene rings is 3. The van der Waals surface area contributed by atoms with Crippen molar-refractivity contribution in [3.63, 3.8) is 0 Å². The van der Waals surface area contributed by atoms with Crippen LogP contribution in [0.4, 0.5) is 17.1 Å². The van der Waals surface area contributed by atoms with Crippen molar-refractivity contribution in [3.05, 3.63) is 87.9 Å². The molecule has 13 nitrogen and oxygen atoms in total. The van der Waals surface area contributed by atoms with Crippen LogP contribution in [0.2, 0.25) is 5.02 Å². The van der Waals surface area contributed by atoms with Crippen LogP contribution in [0, 0.1) is 11.3 Å². The number of carbonyl (C=O) groups excluding carboxylic acids is 5. The van der Waals surface area contributed by atoms with E-state index in [2.05, 4.69) is 44.2 Å². The zero-order chi connectivity index (χ0) is 38.6. The summed E-state index contributed by atoms with van der Waals surface area (Å²) in [7, 11) is 2.05. The third-order valence-electron chi connectivity index (χ3n) is 11.4. The highest BCUT2D eigenvalue weighted by atomic mass is 35.5. The van der Waals surface area contributed by atoms with Gasteiger partial charge in [0.1, 0.15) is 12.1 Å². The lowest BCUT2D eigenvalue weighted by atomic mass is 9.90. The first-order valence-electron chi connectivity index (χ1n) is 19.0. The van der Waals surface area contributed by atoms with E-state index in [0.29, 0.717) is 47.0 Å². The van der Waals surface area contributed by atoms with E-state index in [-0.39, 0.29) is 35.9 Å². The SMILES string of the molecule is CN(c1ccc(C#N)c(Cl)c1)[C@H]1CC[C@H](NC(=O)c2ccc(N3CCC(NCCNc4ccc5c(c4)C(=O)N(C4CCC(=O)NC4=O)C5=O)CC3)cc2)CC1. The lowest BCUT2D eigenvalue weighted by molar-refractivity contribution is -0.136. The monoisotopic (exact) mass is 764 g/mol. The fourth-order valence-electron chi connectivity index (χ4n) is 8.13. The molecule has 1 aliphatic carbocycles. The minimum atomic E-state index is -0.984. The van der Waals surface area contributed by atoms with E-state index in [1.54, 1.807) is 24.3 Å². The summed E-state index contributed by atoms with van der Waals surface area (Å²) in [6, 6.07) is 20.4. The molecule has 3 aliphatic heterocycles. The smallest absolute Gasteiger partial charge is 0.262 e. The number of hydrogen-bond acceptors (Lipinski definition) is 10. The number of anilines is 3. The Balaban J connectivity index is 0.808. The molecular weight excluding hydrogens is 720 g/mol. The van der Waals surface area contributed by atoms with E-state index >= 15 is 0 Å². The van der Waals surface area contributed by atoms with Crippen molar-refractivity contribution >= 4 is 58.2 Å². The Hall–Kier alpha value is -5.45. The van der Waals surface area contributed by atoms with Gasteiger partial charge in [-0.15, -0.1) is 0 Å². The number of rotatable bonds is 11. The van der Waals surface area contributed by atoms with Crippen molar-refractivity contribution in [2.75, 3.05) is 48.3 Å². The lowest BCUT2D eigenvalue weighted by Gasteiger charge is -2.36. The molecule has 3 heterocycles. The molecular formula is C41H45ClN8O5. The average Bonchev–Trinajstić information content (AvgIpc) is 3.44. The van der Waals surface area contributed by atoms with Crippen LogP contribution in [0.5, 0.6) is 0 Å². The molecule has 3 aromatic carbocycles. The predicted molar refractivity (Wildman–Crippen MR) is 209 cm³/mol. The summed E-state index contributed by atoms with van der Waals surface area (Å²) < 4.78 is 0. The van der Waals surface area contributed by atoms with Crippen molar-refractivity contribution in [2.24, 2.45) is 0 Å². The zero-order valence-electron chi connectivity index (χ0n) is 30.8. The van der Waals surface area contributed by atoms with Crippen molar-refractivity contribution in [1.29, 1.82) is 5.26 Å². The van der Waals surface area contributed by atoms with Crippen molar-refractivity contribution < 1.29 is 24.0 Å². The fourth-order valence-corrected chi connectivity index (χ4v) is 8.35. The maximum absolute atomic E-state index is 13.1. The fraction of sp³-hybridized carbons (Fsp3) is 0.415. The first-order chi connectivity index (χ1) is 26.6. The van der Waals surface area contributed by atoms with Crippen molar-refractivity contribution in [1.82, 2.24) is 20.9 Å². The zero-order valence-corrected chi connectivity index (χ0v) is 31.5. The normalized spacial score (nSPS) is 21.5. The quantitative estimate of drug-likeness (QED) is 0.162. The number of imide groups is 2. The van der Waals surface area contributed by atoms with Crippen LogP contribution in [-0.2, 0) is 9.59 Å². The molecule has 14 heteroatoms. The van der Waals surface area contributed by atoms with Gasteiger partial charge in [-0.25, -0.2) is 0 Å². The molecule has 0 aromatic heterocycles. The Bertz CT molecular complexity index is 2020. The third-order valence-corrected chi connectivity index (χ3v) is 11.7. The van der Waals surface area contributed by atoms with Crippen LogP contribution in [0.1, 0.15) is 88.0 Å². The highest BCUT2D eigenvalue weighted by Gasteiger charge is 2.44. The van der Waals surface area contributed by atoms with Crippen molar-refractivity contribution in [2.45, 2.75) is 75.5 Å². The van der Waals surface area contributed by atoms with Crippen LogP contribution in [0.15, 0.2) is 60.7 Å². The second-order valence-electron chi connectivity index (χ2n) is 14.8. The molecule has 0 spiro atoms. The Kier molecular flexibility index (Phi) is 11.4. The number of nitrogens with zero attached hydrogens (tertiary/aromatic N) is 4. The van der Waals surface area contributed by atoms with Gasteiger partial charge in [-0.1, -0.05) is 11.6 Å². The van der Waals surface area contributed by atoms with Crippen LogP contribution in [0.25, 0.3) is 0 Å². The summed E-state index contributed by atoms with van der Waals surface area (Å²) in [5.41, 5.74) is 4.44. The number of amides is 5. The molecule has 3 fully saturated rings. The minimum absolute atomic E-state index is 0.0482. The molecule has 4 aliphatic rings. The predicted octanol–water partition coefficient (Wildman–Crippen LogP) is 4.46. The molecule has 0 radical (unpaired) electrons. The van der Waals surface area contributed by atoms with Gasteiger partial charge in [0.05, 0.1) is 21.7 Å². The first kappa shape index (κ1) is 37.8. The number of nitrogens with one attached hydrogen (secondary N) is 4. The molecule has 3 aromatic rings. The second kappa shape index (κ2) is 16.5. The topological polar surface area (TPSA) is 167 Å². The van der Waals surface area contributed by atoms with Crippen LogP contribution >= 0.6 is 11.6 Å². The molecule has 2 saturated heterocycles. The summed E-state index contributed by atoms with van der Waals surface area (Å²) in [6.07, 6.45) is 5.85. The van der Waals surface area contributed by atoms with Crippen LogP contribution in [-0.4, -0.2) is 91.8 Å². The van der Waals surface area contributed by atoms with Gasteiger partial charge in [-0.05, 0) is 106 Å². The first-order valence-corrected chi connectivity index (χ1v) is 19.4. The number of nitriles is 1. The molecule has 1 unspecified atom stereocenters. The van der Waals surface area contributed by atoms with E-state index in [9.17, 15) is 24.0 Å². The standard InChI is InChI=1S/C41H45ClN8O5/c1-48(32-10-4-26(24-43)35(42)23-32)30-11-5-28(6-12-30)46-38(52)25-2-8-31(9-3-25)49-20-16-27(17-21-49)44-18-19-45-29-7-13-33-34(22-29)41(55)50(40(33)54)36-14-15-37(51)47-39(36)53/h2-4,7-10,13,22-23,27-28,30,36,44-45H,5-6,11-12,14-21H2,1H3,(H,46,52)(H,47,51,53)/t28-,30-,36?. The molecule has 1 saturated carbocycles. The summed E-state index contributed by atoms with van der Waals surface area (Å²) in [6.45, 7) is 3.13. The van der Waals surface area contributed by atoms with Gasteiger partial charge in [-0.2, -0.15) is 5.26 Å². The summed E-state index contributed by atoms with van der Waals surface area (Å²) in [5, 5.41) is 22.0. The Morgan fingerprint density at radius 1 is 0.873 bits per heavy atom. The highest BCUT2D eigenvalue weighted by Crippen LogP contribution is 2.31. The van der Waals surface area contributed by atoms with Gasteiger partial charge in [0.15, 0.2) is 0 Å². The van der Waals surface area contributed by atoms with E-state index in [4.69, 9.17) is 16.9 Å². The summed E-state index contributed by atoms with van der Waals surface area (Å²) in [5.74, 6) is -2.11. The third kappa shape index (κ3) is 8.30. The highest BCUT2D eigenvalue weighted by molar-refractivity contribution is 6.32. The number of fused-ring (bicyclic) bond motifs is 1. The van der Waals surface area contributed by atoms with Gasteiger partial charge in [0, 0.05) is 80.4 Å². The van der Waals surface area contributed by atoms with E-state index in [0.717, 1.165) is 67.9 Å². The summed E-state index contributed by atoms with van der Waals surface area (Å²) >= 11 is 6.26. The molecule has 4 N–H and O–H groups in total. The molecule has 0 bridgehead atoms. The van der Waals surface area contributed by atoms with Crippen molar-refractivity contribution in [3.8, 4) is 6.07 Å². The average molecular weight is 765 g/mol. The molecule has 286 valence electrons. The largest absolute Gasteiger partial charge is 0.384 e. The second-order valence-corrected chi connectivity index (χ2v) is 15.2. The summed E-state index contributed by atoms with van der Waals surface area (Å²) in [4.78, 5) is 68.6. The van der Waals surface area contributed by atoms with Gasteiger partial charge in [0.25, 0.3) is 17.7 Å². The van der Waals surface area contributed by atoms with Gasteiger partial charge in [0.2, 0.25) is 11.8 Å². The van der Waals surface area contributed by atoms with E-state index < -0.39 is 29.7 Å². The van der Waals surface area contributed by atoms with Gasteiger partial charge < -0.3 is 25.8 Å². The van der Waals surface area contributed by atoms with Gasteiger partial charge in [-0.3, -0.25) is 34.2 Å². The number of hydrogen-bond donors (Lipinski definition) is 4. The van der Waals surface area contributed by atoms with Gasteiger partial charge >= 0.3 is 0 Å².